The molecule has 0 aliphatic heterocycles. The first-order chi connectivity index (χ1) is 10.7. The van der Waals surface area contributed by atoms with Gasteiger partial charge in [0.2, 0.25) is 0 Å². The van der Waals surface area contributed by atoms with Crippen LogP contribution in [0, 0.1) is 0 Å². The van der Waals surface area contributed by atoms with Gasteiger partial charge in [-0.15, -0.1) is 0 Å². The largest absolute Gasteiger partial charge is 0.497 e. The summed E-state index contributed by atoms with van der Waals surface area (Å²) in [5, 5.41) is 4.44. The predicted octanol–water partition coefficient (Wildman–Crippen LogP) is 2.99. The summed E-state index contributed by atoms with van der Waals surface area (Å²) in [6.07, 6.45) is 2.33. The van der Waals surface area contributed by atoms with Gasteiger partial charge in [-0.1, -0.05) is 12.1 Å². The van der Waals surface area contributed by atoms with Gasteiger partial charge in [0.1, 0.15) is 5.75 Å². The van der Waals surface area contributed by atoms with Gasteiger partial charge in [-0.05, 0) is 43.5 Å². The molecule has 0 spiro atoms. The molecule has 3 rings (SSSR count). The molecule has 1 fully saturated rings. The Hall–Kier alpha value is -2.30. The Bertz CT molecular complexity index is 657. The number of carbonyl (C=O) groups is 1. The third-order valence-electron chi connectivity index (χ3n) is 3.78. The minimum Gasteiger partial charge on any atom is -0.497 e. The Balaban J connectivity index is 1.83. The number of rotatable bonds is 6. The van der Waals surface area contributed by atoms with Gasteiger partial charge in [0.25, 0.3) is 0 Å². The Labute approximate surface area is 129 Å². The summed E-state index contributed by atoms with van der Waals surface area (Å²) in [4.78, 5) is 11.9. The molecule has 5 heteroatoms. The molecule has 1 aliphatic rings. The van der Waals surface area contributed by atoms with Crippen molar-refractivity contribution < 1.29 is 14.3 Å². The summed E-state index contributed by atoms with van der Waals surface area (Å²) in [6.45, 7) is 2.81. The van der Waals surface area contributed by atoms with Crippen molar-refractivity contribution in [1.29, 1.82) is 0 Å². The first-order valence-corrected chi connectivity index (χ1v) is 7.59. The predicted molar refractivity (Wildman–Crippen MR) is 82.3 cm³/mol. The minimum atomic E-state index is -0.349. The number of methoxy groups -OCH3 is 1. The van der Waals surface area contributed by atoms with Crippen molar-refractivity contribution in [3.63, 3.8) is 0 Å². The van der Waals surface area contributed by atoms with Crippen molar-refractivity contribution in [2.24, 2.45) is 0 Å². The third-order valence-corrected chi connectivity index (χ3v) is 3.78. The maximum atomic E-state index is 11.9. The van der Waals surface area contributed by atoms with E-state index in [1.165, 1.54) is 0 Å². The molecule has 0 radical (unpaired) electrons. The summed E-state index contributed by atoms with van der Waals surface area (Å²) in [6, 6.07) is 9.77. The lowest BCUT2D eigenvalue weighted by molar-refractivity contribution is 0.0518. The number of nitrogens with zero attached hydrogens (tertiary/aromatic N) is 2. The molecule has 0 bridgehead atoms. The fourth-order valence-corrected chi connectivity index (χ4v) is 2.47. The lowest BCUT2D eigenvalue weighted by Crippen LogP contribution is -2.09. The molecule has 1 saturated carbocycles. The van der Waals surface area contributed by atoms with E-state index in [4.69, 9.17) is 9.47 Å². The van der Waals surface area contributed by atoms with Crippen LogP contribution in [0.4, 0.5) is 0 Å². The average molecular weight is 300 g/mol. The van der Waals surface area contributed by atoms with Gasteiger partial charge in [-0.25, -0.2) is 4.79 Å². The van der Waals surface area contributed by atoms with Crippen LogP contribution in [0.5, 0.6) is 5.75 Å². The normalized spacial score (nSPS) is 13.9. The third kappa shape index (κ3) is 3.13. The van der Waals surface area contributed by atoms with Crippen LogP contribution in [0.25, 0.3) is 0 Å². The highest BCUT2D eigenvalue weighted by Crippen LogP contribution is 2.40. The van der Waals surface area contributed by atoms with E-state index in [-0.39, 0.29) is 5.97 Å². The molecular formula is C17H20N2O3. The van der Waals surface area contributed by atoms with E-state index >= 15 is 0 Å². The van der Waals surface area contributed by atoms with E-state index < -0.39 is 0 Å². The van der Waals surface area contributed by atoms with Crippen molar-refractivity contribution >= 4 is 5.97 Å². The Kier molecular flexibility index (Phi) is 4.13. The zero-order valence-electron chi connectivity index (χ0n) is 12.9. The number of esters is 1. The molecule has 0 saturated heterocycles. The molecule has 22 heavy (non-hydrogen) atoms. The number of aromatic nitrogens is 2. The van der Waals surface area contributed by atoms with E-state index in [2.05, 4.69) is 5.10 Å². The van der Waals surface area contributed by atoms with Crippen LogP contribution in [0.3, 0.4) is 0 Å². The van der Waals surface area contributed by atoms with E-state index in [1.54, 1.807) is 14.0 Å². The van der Waals surface area contributed by atoms with Gasteiger partial charge in [0.05, 0.1) is 20.3 Å². The monoisotopic (exact) mass is 300 g/mol. The summed E-state index contributed by atoms with van der Waals surface area (Å²) in [7, 11) is 1.65. The number of hydrogen-bond acceptors (Lipinski definition) is 4. The first-order valence-electron chi connectivity index (χ1n) is 7.59. The second-order valence-corrected chi connectivity index (χ2v) is 5.45. The second-order valence-electron chi connectivity index (χ2n) is 5.45. The highest BCUT2D eigenvalue weighted by Gasteiger charge is 2.29. The van der Waals surface area contributed by atoms with Crippen LogP contribution >= 0.6 is 0 Å². The minimum absolute atomic E-state index is 0.349. The fourth-order valence-electron chi connectivity index (χ4n) is 2.47. The van der Waals surface area contributed by atoms with Gasteiger partial charge < -0.3 is 9.47 Å². The quantitative estimate of drug-likeness (QED) is 0.770. The summed E-state index contributed by atoms with van der Waals surface area (Å²) in [5.74, 6) is 1.01. The van der Waals surface area contributed by atoms with E-state index in [0.29, 0.717) is 24.8 Å². The maximum Gasteiger partial charge on any atom is 0.358 e. The van der Waals surface area contributed by atoms with Gasteiger partial charge in [-0.3, -0.25) is 4.68 Å². The van der Waals surface area contributed by atoms with Crippen molar-refractivity contribution in [2.75, 3.05) is 13.7 Å². The standard InChI is InChI=1S/C17H20N2O3/c1-3-22-17(20)15-10-16(13-6-7-13)19(18-15)11-12-4-8-14(21-2)9-5-12/h4-5,8-10,13H,3,6-7,11H2,1-2H3. The van der Waals surface area contributed by atoms with Crippen LogP contribution in [0.15, 0.2) is 30.3 Å². The molecular weight excluding hydrogens is 280 g/mol. The van der Waals surface area contributed by atoms with Crippen molar-refractivity contribution in [1.82, 2.24) is 9.78 Å². The highest BCUT2D eigenvalue weighted by molar-refractivity contribution is 5.87. The zero-order chi connectivity index (χ0) is 15.5. The molecule has 0 unspecified atom stereocenters. The molecule has 0 amide bonds. The molecule has 0 atom stereocenters. The number of benzene rings is 1. The summed E-state index contributed by atoms with van der Waals surface area (Å²) < 4.78 is 12.1. The Morgan fingerprint density at radius 2 is 2.05 bits per heavy atom. The zero-order valence-corrected chi connectivity index (χ0v) is 12.9. The van der Waals surface area contributed by atoms with Crippen LogP contribution in [0.2, 0.25) is 0 Å². The Morgan fingerprint density at radius 1 is 1.32 bits per heavy atom. The van der Waals surface area contributed by atoms with Crippen LogP contribution in [0.1, 0.15) is 47.4 Å². The van der Waals surface area contributed by atoms with E-state index in [1.807, 2.05) is 35.0 Å². The number of hydrogen-bond donors (Lipinski definition) is 0. The SMILES string of the molecule is CCOC(=O)c1cc(C2CC2)n(Cc2ccc(OC)cc2)n1. The molecule has 1 aliphatic carbocycles. The van der Waals surface area contributed by atoms with Crippen molar-refractivity contribution in [3.05, 3.63) is 47.3 Å². The first kappa shape index (κ1) is 14.6. The molecule has 1 heterocycles. The van der Waals surface area contributed by atoms with Gasteiger partial charge in [-0.2, -0.15) is 5.10 Å². The lowest BCUT2D eigenvalue weighted by atomic mass is 10.2. The van der Waals surface area contributed by atoms with Crippen LogP contribution < -0.4 is 4.74 Å². The number of carbonyl (C=O) groups excluding carboxylic acids is 1. The van der Waals surface area contributed by atoms with Gasteiger partial charge in [0, 0.05) is 11.6 Å². The molecule has 1 aromatic carbocycles. The molecule has 2 aromatic rings. The lowest BCUT2D eigenvalue weighted by Gasteiger charge is -2.07. The molecule has 0 N–H and O–H groups in total. The topological polar surface area (TPSA) is 53.4 Å². The summed E-state index contributed by atoms with van der Waals surface area (Å²) in [5.41, 5.74) is 2.65. The van der Waals surface area contributed by atoms with Gasteiger partial charge in [0.15, 0.2) is 5.69 Å². The van der Waals surface area contributed by atoms with Crippen molar-refractivity contribution in [3.8, 4) is 5.75 Å². The van der Waals surface area contributed by atoms with Gasteiger partial charge >= 0.3 is 5.97 Å². The summed E-state index contributed by atoms with van der Waals surface area (Å²) >= 11 is 0. The average Bonchev–Trinajstić information content (AvgIpc) is 3.29. The molecule has 5 nitrogen and oxygen atoms in total. The van der Waals surface area contributed by atoms with Crippen LogP contribution in [-0.4, -0.2) is 29.5 Å². The second kappa shape index (κ2) is 6.22. The molecule has 1 aromatic heterocycles. The van der Waals surface area contributed by atoms with Crippen LogP contribution in [-0.2, 0) is 11.3 Å². The maximum absolute atomic E-state index is 11.9. The smallest absolute Gasteiger partial charge is 0.358 e. The van der Waals surface area contributed by atoms with E-state index in [0.717, 1.165) is 29.8 Å². The molecule has 116 valence electrons. The number of ether oxygens (including phenoxy) is 2. The highest BCUT2D eigenvalue weighted by atomic mass is 16.5. The van der Waals surface area contributed by atoms with Crippen molar-refractivity contribution in [2.45, 2.75) is 32.2 Å². The van der Waals surface area contributed by atoms with E-state index in [9.17, 15) is 4.79 Å². The fraction of sp³-hybridized carbons (Fsp3) is 0.412. The Morgan fingerprint density at radius 3 is 2.64 bits per heavy atom.